The zero-order valence-electron chi connectivity index (χ0n) is 16.3. The highest BCUT2D eigenvalue weighted by Crippen LogP contribution is 2.32. The summed E-state index contributed by atoms with van der Waals surface area (Å²) in [7, 11) is 0. The van der Waals surface area contributed by atoms with Crippen molar-refractivity contribution in [2.24, 2.45) is 5.92 Å². The monoisotopic (exact) mass is 368 g/mol. The van der Waals surface area contributed by atoms with Gasteiger partial charge in [-0.3, -0.25) is 4.79 Å². The first-order valence-corrected chi connectivity index (χ1v) is 10.1. The molecule has 1 aliphatic heterocycles. The Morgan fingerprint density at radius 3 is 2.78 bits per heavy atom. The molecule has 0 bridgehead atoms. The van der Waals surface area contributed by atoms with Crippen LogP contribution in [0.15, 0.2) is 16.7 Å². The van der Waals surface area contributed by atoms with Crippen LogP contribution >= 0.6 is 0 Å². The lowest BCUT2D eigenvalue weighted by molar-refractivity contribution is -0.120. The summed E-state index contributed by atoms with van der Waals surface area (Å²) in [4.78, 5) is 19.7. The Morgan fingerprint density at radius 2 is 2.04 bits per heavy atom. The Morgan fingerprint density at radius 1 is 1.22 bits per heavy atom. The molecule has 27 heavy (non-hydrogen) atoms. The van der Waals surface area contributed by atoms with E-state index in [1.807, 2.05) is 19.9 Å². The fourth-order valence-corrected chi connectivity index (χ4v) is 4.21. The number of hydrogen-bond donors (Lipinski definition) is 1. The number of aryl methyl sites for hydroxylation is 3. The highest BCUT2D eigenvalue weighted by molar-refractivity contribution is 5.92. The summed E-state index contributed by atoms with van der Waals surface area (Å²) in [5, 5.41) is 7.08. The number of carbonyl (C=O) groups is 1. The number of rotatable bonds is 4. The van der Waals surface area contributed by atoms with Gasteiger partial charge in [0, 0.05) is 18.5 Å². The van der Waals surface area contributed by atoms with Crippen LogP contribution in [0.1, 0.15) is 61.2 Å². The number of hydrogen-bond acceptors (Lipinski definition) is 5. The smallest absolute Gasteiger partial charge is 0.228 e. The third-order valence-electron chi connectivity index (χ3n) is 5.69. The van der Waals surface area contributed by atoms with Crippen molar-refractivity contribution in [3.63, 3.8) is 0 Å². The first kappa shape index (κ1) is 18.0. The first-order chi connectivity index (χ1) is 13.1. The maximum atomic E-state index is 12.6. The van der Waals surface area contributed by atoms with E-state index in [1.54, 1.807) is 0 Å². The number of nitrogens with one attached hydrogen (secondary N) is 1. The van der Waals surface area contributed by atoms with E-state index < -0.39 is 0 Å². The molecule has 3 heterocycles. The summed E-state index contributed by atoms with van der Waals surface area (Å²) in [6, 6.07) is 4.13. The molecule has 0 saturated heterocycles. The van der Waals surface area contributed by atoms with E-state index in [9.17, 15) is 4.79 Å². The van der Waals surface area contributed by atoms with Crippen LogP contribution in [0.3, 0.4) is 0 Å². The van der Waals surface area contributed by atoms with E-state index in [4.69, 9.17) is 9.51 Å². The summed E-state index contributed by atoms with van der Waals surface area (Å²) in [6.07, 6.45) is 7.55. The number of carbonyl (C=O) groups excluding carboxylic acids is 1. The van der Waals surface area contributed by atoms with Crippen LogP contribution in [-0.2, 0) is 17.8 Å². The zero-order valence-corrected chi connectivity index (χ0v) is 16.3. The van der Waals surface area contributed by atoms with Crippen molar-refractivity contribution in [2.45, 2.75) is 65.3 Å². The minimum absolute atomic E-state index is 0.134. The van der Waals surface area contributed by atoms with Gasteiger partial charge in [-0.25, -0.2) is 4.98 Å². The van der Waals surface area contributed by atoms with Gasteiger partial charge in [-0.05, 0) is 51.2 Å². The normalized spacial score (nSPS) is 17.6. The zero-order chi connectivity index (χ0) is 18.8. The van der Waals surface area contributed by atoms with Gasteiger partial charge >= 0.3 is 0 Å². The lowest BCUT2D eigenvalue weighted by Gasteiger charge is -2.31. The van der Waals surface area contributed by atoms with Crippen LogP contribution in [0.5, 0.6) is 0 Å². The fraction of sp³-hybridized carbons (Fsp3) is 0.571. The molecule has 1 amide bonds. The number of pyridine rings is 1. The molecule has 4 rings (SSSR count). The second-order valence-corrected chi connectivity index (χ2v) is 7.90. The summed E-state index contributed by atoms with van der Waals surface area (Å²) in [5.74, 6) is 1.87. The Balaban J connectivity index is 1.52. The van der Waals surface area contributed by atoms with E-state index >= 15 is 0 Å². The van der Waals surface area contributed by atoms with Crippen LogP contribution in [0.4, 0.5) is 11.5 Å². The van der Waals surface area contributed by atoms with Gasteiger partial charge in [0.15, 0.2) is 5.76 Å². The van der Waals surface area contributed by atoms with Crippen molar-refractivity contribution in [3.05, 3.63) is 34.8 Å². The number of aromatic nitrogens is 2. The molecular formula is C21H28N4O2. The molecule has 1 fully saturated rings. The van der Waals surface area contributed by atoms with Crippen molar-refractivity contribution in [3.8, 4) is 0 Å². The Labute approximate surface area is 160 Å². The van der Waals surface area contributed by atoms with Gasteiger partial charge in [0.25, 0.3) is 0 Å². The lowest BCUT2D eigenvalue weighted by atomic mass is 9.88. The number of amides is 1. The highest BCUT2D eigenvalue weighted by atomic mass is 16.5. The van der Waals surface area contributed by atoms with Gasteiger partial charge in [-0.2, -0.15) is 0 Å². The average Bonchev–Trinajstić information content (AvgIpc) is 3.08. The molecule has 0 radical (unpaired) electrons. The summed E-state index contributed by atoms with van der Waals surface area (Å²) in [6.45, 7) is 5.63. The van der Waals surface area contributed by atoms with E-state index in [0.717, 1.165) is 79.3 Å². The van der Waals surface area contributed by atoms with Crippen molar-refractivity contribution in [2.75, 3.05) is 16.8 Å². The molecule has 0 spiro atoms. The first-order valence-electron chi connectivity index (χ1n) is 10.1. The average molecular weight is 368 g/mol. The molecule has 6 nitrogen and oxygen atoms in total. The highest BCUT2D eigenvalue weighted by Gasteiger charge is 2.24. The quantitative estimate of drug-likeness (QED) is 0.877. The molecule has 2 aromatic rings. The van der Waals surface area contributed by atoms with Crippen molar-refractivity contribution >= 4 is 17.4 Å². The second-order valence-electron chi connectivity index (χ2n) is 7.90. The van der Waals surface area contributed by atoms with Crippen molar-refractivity contribution < 1.29 is 9.32 Å². The molecule has 1 N–H and O–H groups in total. The van der Waals surface area contributed by atoms with Gasteiger partial charge in [0.05, 0.1) is 23.6 Å². The Bertz CT molecular complexity index is 824. The van der Waals surface area contributed by atoms with E-state index in [0.29, 0.717) is 6.54 Å². The molecule has 2 aromatic heterocycles. The van der Waals surface area contributed by atoms with Gasteiger partial charge in [-0.15, -0.1) is 0 Å². The molecule has 2 aliphatic rings. The molecule has 6 heteroatoms. The van der Waals surface area contributed by atoms with Crippen LogP contribution in [0.2, 0.25) is 0 Å². The Kier molecular flexibility index (Phi) is 5.14. The Hall–Kier alpha value is -2.37. The summed E-state index contributed by atoms with van der Waals surface area (Å²) < 4.78 is 5.39. The molecule has 1 saturated carbocycles. The maximum Gasteiger partial charge on any atom is 0.228 e. The fourth-order valence-electron chi connectivity index (χ4n) is 4.21. The maximum absolute atomic E-state index is 12.6. The van der Waals surface area contributed by atoms with Gasteiger partial charge in [0.2, 0.25) is 5.91 Å². The lowest BCUT2D eigenvalue weighted by Crippen LogP contribution is -2.30. The molecule has 144 valence electrons. The van der Waals surface area contributed by atoms with Gasteiger partial charge in [0.1, 0.15) is 5.82 Å². The third-order valence-corrected chi connectivity index (χ3v) is 5.69. The van der Waals surface area contributed by atoms with E-state index in [1.165, 1.54) is 6.42 Å². The van der Waals surface area contributed by atoms with Crippen molar-refractivity contribution in [1.29, 1.82) is 0 Å². The molecule has 0 aromatic carbocycles. The SMILES string of the molecule is Cc1cc(CN2CCCc3nc(NC(=O)C4CCCCC4)c(C)cc32)on1. The number of anilines is 2. The summed E-state index contributed by atoms with van der Waals surface area (Å²) in [5.41, 5.74) is 4.11. The van der Waals surface area contributed by atoms with Crippen LogP contribution in [0.25, 0.3) is 0 Å². The third kappa shape index (κ3) is 3.99. The topological polar surface area (TPSA) is 71.3 Å². The number of fused-ring (bicyclic) bond motifs is 1. The standard InChI is InChI=1S/C21H28N4O2/c1-14-11-19-18(9-6-10-25(19)13-17-12-15(2)24-27-17)22-20(14)23-21(26)16-7-4-3-5-8-16/h11-12,16H,3-10,13H2,1-2H3,(H,22,23,26). The van der Waals surface area contributed by atoms with E-state index in [2.05, 4.69) is 21.4 Å². The van der Waals surface area contributed by atoms with Crippen LogP contribution in [-0.4, -0.2) is 22.6 Å². The van der Waals surface area contributed by atoms with Crippen molar-refractivity contribution in [1.82, 2.24) is 10.1 Å². The number of nitrogens with zero attached hydrogens (tertiary/aromatic N) is 3. The molecular weight excluding hydrogens is 340 g/mol. The predicted molar refractivity (Wildman–Crippen MR) is 105 cm³/mol. The van der Waals surface area contributed by atoms with Crippen LogP contribution < -0.4 is 10.2 Å². The molecule has 0 atom stereocenters. The molecule has 0 unspecified atom stereocenters. The largest absolute Gasteiger partial charge is 0.362 e. The van der Waals surface area contributed by atoms with Gasteiger partial charge in [-0.1, -0.05) is 24.4 Å². The minimum atomic E-state index is 0.134. The summed E-state index contributed by atoms with van der Waals surface area (Å²) >= 11 is 0. The van der Waals surface area contributed by atoms with Crippen LogP contribution in [0, 0.1) is 19.8 Å². The predicted octanol–water partition coefficient (Wildman–Crippen LogP) is 4.16. The minimum Gasteiger partial charge on any atom is -0.362 e. The van der Waals surface area contributed by atoms with Gasteiger partial charge < -0.3 is 14.7 Å². The van der Waals surface area contributed by atoms with E-state index in [-0.39, 0.29) is 11.8 Å². The molecule has 1 aliphatic carbocycles. The second kappa shape index (κ2) is 7.71.